The third-order valence-electron chi connectivity index (χ3n) is 6.26. The van der Waals surface area contributed by atoms with E-state index in [0.717, 1.165) is 28.2 Å². The number of aryl methyl sites for hydroxylation is 1. The molecule has 35 heavy (non-hydrogen) atoms. The van der Waals surface area contributed by atoms with Crippen LogP contribution in [0.2, 0.25) is 5.02 Å². The Bertz CT molecular complexity index is 1380. The van der Waals surface area contributed by atoms with Gasteiger partial charge in [-0.15, -0.1) is 0 Å². The Morgan fingerprint density at radius 3 is 2.74 bits per heavy atom. The first-order chi connectivity index (χ1) is 16.9. The summed E-state index contributed by atoms with van der Waals surface area (Å²) in [5.74, 6) is 0.814. The number of aromatic nitrogens is 2. The molecule has 1 aromatic heterocycles. The maximum atomic E-state index is 13.1. The molecule has 0 saturated carbocycles. The van der Waals surface area contributed by atoms with Crippen molar-refractivity contribution in [3.8, 4) is 6.07 Å². The Labute approximate surface area is 208 Å². The zero-order valence-corrected chi connectivity index (χ0v) is 20.2. The number of carbonyl (C=O) groups is 1. The normalized spacial score (nSPS) is 16.6. The molecule has 8 nitrogen and oxygen atoms in total. The van der Waals surface area contributed by atoms with Gasteiger partial charge in [-0.1, -0.05) is 23.7 Å². The van der Waals surface area contributed by atoms with Gasteiger partial charge in [0.05, 0.1) is 29.6 Å². The molecule has 3 aromatic rings. The average molecular weight is 486 g/mol. The minimum Gasteiger partial charge on any atom is -0.342 e. The number of hydrogen-bond donors (Lipinski definition) is 1. The van der Waals surface area contributed by atoms with Crippen molar-refractivity contribution in [2.45, 2.75) is 19.1 Å². The maximum Gasteiger partial charge on any atom is 0.231 e. The Hall–Kier alpha value is -4.09. The molecule has 1 amide bonds. The summed E-state index contributed by atoms with van der Waals surface area (Å²) in [6.07, 6.45) is 6.25. The number of nitrogens with zero attached hydrogens (tertiary/aromatic N) is 6. The Kier molecular flexibility index (Phi) is 6.01. The summed E-state index contributed by atoms with van der Waals surface area (Å²) in [5.41, 5.74) is 4.68. The smallest absolute Gasteiger partial charge is 0.231 e. The second-order valence-corrected chi connectivity index (χ2v) is 9.03. The molecule has 5 rings (SSSR count). The third kappa shape index (κ3) is 4.51. The van der Waals surface area contributed by atoms with Crippen molar-refractivity contribution < 1.29 is 4.79 Å². The number of nitrogens with one attached hydrogen (secondary N) is 1. The number of anilines is 2. The lowest BCUT2D eigenvalue weighted by molar-refractivity contribution is -0.117. The SMILES string of the molecule is CN1C=CC(c2cc(C#N)c3c(c2)CCN3C(=O)Cc2ccc(Cl)cc2)=NC1Nc1ccnn1C. The number of carbonyl (C=O) groups excluding carboxylic acids is 1. The van der Waals surface area contributed by atoms with Crippen LogP contribution in [0.4, 0.5) is 11.5 Å². The summed E-state index contributed by atoms with van der Waals surface area (Å²) in [4.78, 5) is 21.7. The van der Waals surface area contributed by atoms with E-state index < -0.39 is 0 Å². The minimum absolute atomic E-state index is 0.0349. The number of halogens is 1. The van der Waals surface area contributed by atoms with Crippen molar-refractivity contribution in [1.29, 1.82) is 5.26 Å². The summed E-state index contributed by atoms with van der Waals surface area (Å²) in [7, 11) is 3.81. The van der Waals surface area contributed by atoms with Crippen molar-refractivity contribution in [2.24, 2.45) is 12.0 Å². The maximum absolute atomic E-state index is 13.1. The Morgan fingerprint density at radius 2 is 2.03 bits per heavy atom. The summed E-state index contributed by atoms with van der Waals surface area (Å²) >= 11 is 5.96. The molecule has 9 heteroatoms. The monoisotopic (exact) mass is 485 g/mol. The van der Waals surface area contributed by atoms with Crippen LogP contribution in [0, 0.1) is 11.3 Å². The first kappa shape index (κ1) is 22.7. The molecule has 0 saturated heterocycles. The predicted octanol–water partition coefficient (Wildman–Crippen LogP) is 3.72. The van der Waals surface area contributed by atoms with Crippen LogP contribution >= 0.6 is 11.6 Å². The van der Waals surface area contributed by atoms with Gasteiger partial charge in [-0.2, -0.15) is 10.4 Å². The van der Waals surface area contributed by atoms with Gasteiger partial charge in [0.15, 0.2) is 6.29 Å². The van der Waals surface area contributed by atoms with Gasteiger partial charge in [-0.25, -0.2) is 4.99 Å². The third-order valence-corrected chi connectivity index (χ3v) is 6.51. The molecule has 0 radical (unpaired) electrons. The van der Waals surface area contributed by atoms with Gasteiger partial charge in [0.25, 0.3) is 0 Å². The molecule has 0 fully saturated rings. The summed E-state index contributed by atoms with van der Waals surface area (Å²) in [5, 5.41) is 18.1. The van der Waals surface area contributed by atoms with Crippen molar-refractivity contribution in [3.05, 3.63) is 88.2 Å². The fraction of sp³-hybridized carbons (Fsp3) is 0.231. The molecular weight excluding hydrogens is 462 g/mol. The van der Waals surface area contributed by atoms with Gasteiger partial charge in [0.1, 0.15) is 11.9 Å². The average Bonchev–Trinajstić information content (AvgIpc) is 3.47. The quantitative estimate of drug-likeness (QED) is 0.595. The van der Waals surface area contributed by atoms with Gasteiger partial charge >= 0.3 is 0 Å². The molecule has 2 aromatic carbocycles. The van der Waals surface area contributed by atoms with Crippen LogP contribution in [0.15, 0.2) is 65.9 Å². The van der Waals surface area contributed by atoms with Crippen molar-refractivity contribution in [2.75, 3.05) is 23.8 Å². The fourth-order valence-corrected chi connectivity index (χ4v) is 4.52. The zero-order valence-electron chi connectivity index (χ0n) is 19.4. The van der Waals surface area contributed by atoms with E-state index in [9.17, 15) is 10.1 Å². The molecule has 2 aliphatic heterocycles. The largest absolute Gasteiger partial charge is 0.342 e. The summed E-state index contributed by atoms with van der Waals surface area (Å²) in [6, 6.07) is 15.3. The van der Waals surface area contributed by atoms with Gasteiger partial charge < -0.3 is 15.1 Å². The molecule has 1 unspecified atom stereocenters. The number of amides is 1. The van der Waals surface area contributed by atoms with Crippen LogP contribution in [-0.2, 0) is 24.7 Å². The van der Waals surface area contributed by atoms with Crippen LogP contribution < -0.4 is 10.2 Å². The first-order valence-electron chi connectivity index (χ1n) is 11.3. The molecule has 1 atom stereocenters. The number of aliphatic imine (C=N–C) groups is 1. The first-order valence-corrected chi connectivity index (χ1v) is 11.7. The van der Waals surface area contributed by atoms with Crippen LogP contribution in [0.1, 0.15) is 22.3 Å². The van der Waals surface area contributed by atoms with Crippen LogP contribution in [0.5, 0.6) is 0 Å². The standard InChI is InChI=1S/C26H24ClN7O/c1-32-11-9-22(30-26(32)31-23-7-10-29-33(23)2)19-14-18-8-12-34(25(18)20(15-19)16-28)24(35)13-17-3-5-21(27)6-4-17/h3-7,9-11,14-15,26,31H,8,12-13H2,1-2H3. The van der Waals surface area contributed by atoms with E-state index >= 15 is 0 Å². The van der Waals surface area contributed by atoms with E-state index in [4.69, 9.17) is 16.6 Å². The highest BCUT2D eigenvalue weighted by Crippen LogP contribution is 2.34. The van der Waals surface area contributed by atoms with Gasteiger partial charge in [0.2, 0.25) is 5.91 Å². The number of hydrogen-bond acceptors (Lipinski definition) is 6. The van der Waals surface area contributed by atoms with Crippen LogP contribution in [0.3, 0.4) is 0 Å². The topological polar surface area (TPSA) is 89.6 Å². The molecule has 0 bridgehead atoms. The number of allylic oxidation sites excluding steroid dienone is 1. The van der Waals surface area contributed by atoms with Crippen molar-refractivity contribution >= 4 is 34.7 Å². The van der Waals surface area contributed by atoms with Crippen LogP contribution in [-0.4, -0.2) is 46.2 Å². The highest BCUT2D eigenvalue weighted by atomic mass is 35.5. The zero-order chi connectivity index (χ0) is 24.5. The van der Waals surface area contributed by atoms with Crippen LogP contribution in [0.25, 0.3) is 0 Å². The van der Waals surface area contributed by atoms with Crippen molar-refractivity contribution in [3.63, 3.8) is 0 Å². The molecule has 0 spiro atoms. The molecule has 0 aliphatic carbocycles. The number of nitriles is 1. The molecular formula is C26H24ClN7O. The lowest BCUT2D eigenvalue weighted by atomic mass is 9.99. The second kappa shape index (κ2) is 9.28. The number of benzene rings is 2. The number of rotatable bonds is 5. The van der Waals surface area contributed by atoms with Gasteiger partial charge in [-0.05, 0) is 47.9 Å². The highest BCUT2D eigenvalue weighted by Gasteiger charge is 2.29. The predicted molar refractivity (Wildman–Crippen MR) is 136 cm³/mol. The molecule has 3 heterocycles. The highest BCUT2D eigenvalue weighted by molar-refractivity contribution is 6.30. The molecule has 176 valence electrons. The van der Waals surface area contributed by atoms with E-state index in [1.165, 1.54) is 0 Å². The lowest BCUT2D eigenvalue weighted by Crippen LogP contribution is -2.36. The molecule has 2 aliphatic rings. The van der Waals surface area contributed by atoms with E-state index in [-0.39, 0.29) is 18.6 Å². The van der Waals surface area contributed by atoms with E-state index in [1.807, 2.05) is 61.6 Å². The Balaban J connectivity index is 1.42. The van der Waals surface area contributed by atoms with Crippen molar-refractivity contribution in [1.82, 2.24) is 14.7 Å². The number of fused-ring (bicyclic) bond motifs is 1. The lowest BCUT2D eigenvalue weighted by Gasteiger charge is -2.28. The van der Waals surface area contributed by atoms with E-state index in [0.29, 0.717) is 29.2 Å². The fourth-order valence-electron chi connectivity index (χ4n) is 4.39. The van der Waals surface area contributed by atoms with Gasteiger partial charge in [-0.3, -0.25) is 9.48 Å². The Morgan fingerprint density at radius 1 is 1.23 bits per heavy atom. The van der Waals surface area contributed by atoms with Gasteiger partial charge in [0, 0.05) is 43.5 Å². The molecule has 1 N–H and O–H groups in total. The summed E-state index contributed by atoms with van der Waals surface area (Å²) < 4.78 is 1.75. The minimum atomic E-state index is -0.318. The van der Waals surface area contributed by atoms with E-state index in [2.05, 4.69) is 16.5 Å². The second-order valence-electron chi connectivity index (χ2n) is 8.60. The van der Waals surface area contributed by atoms with E-state index in [1.54, 1.807) is 27.9 Å². The summed E-state index contributed by atoms with van der Waals surface area (Å²) in [6.45, 7) is 0.551.